The maximum atomic E-state index is 14.2. The smallest absolute Gasteiger partial charge is 0.279 e. The van der Waals surface area contributed by atoms with Crippen molar-refractivity contribution in [3.63, 3.8) is 0 Å². The zero-order valence-electron chi connectivity index (χ0n) is 13.4. The molecule has 0 unspecified atom stereocenters. The van der Waals surface area contributed by atoms with Gasteiger partial charge in [0.05, 0.1) is 5.56 Å². The first kappa shape index (κ1) is 17.3. The van der Waals surface area contributed by atoms with E-state index in [4.69, 9.17) is 0 Å². The molecular weight excluding hydrogens is 348 g/mol. The molecule has 130 valence electrons. The number of hydrogen-bond donors (Lipinski definition) is 1. The third kappa shape index (κ3) is 3.21. The molecule has 0 fully saturated rings. The van der Waals surface area contributed by atoms with E-state index in [2.05, 4.69) is 16.9 Å². The number of halogens is 2. The molecule has 1 aromatic heterocycles. The summed E-state index contributed by atoms with van der Waals surface area (Å²) in [6.45, 7) is 3.61. The van der Waals surface area contributed by atoms with E-state index >= 15 is 0 Å². The fourth-order valence-corrected chi connectivity index (χ4v) is 3.54. The van der Waals surface area contributed by atoms with Crippen molar-refractivity contribution >= 4 is 23.5 Å². The molecule has 8 heteroatoms. The lowest BCUT2D eigenvalue weighted by molar-refractivity contribution is -0.116. The topological polar surface area (TPSA) is 64.0 Å². The minimum Gasteiger partial charge on any atom is -0.312 e. The summed E-state index contributed by atoms with van der Waals surface area (Å²) in [6.07, 6.45) is 1.52. The van der Waals surface area contributed by atoms with Crippen LogP contribution in [0.3, 0.4) is 0 Å². The van der Waals surface area contributed by atoms with E-state index in [0.29, 0.717) is 10.9 Å². The Labute approximate surface area is 146 Å². The molecule has 0 radical (unpaired) electrons. The maximum absolute atomic E-state index is 14.2. The Bertz CT molecular complexity index is 927. The highest BCUT2D eigenvalue weighted by atomic mass is 32.2. The Hall–Kier alpha value is -2.48. The quantitative estimate of drug-likeness (QED) is 0.515. The summed E-state index contributed by atoms with van der Waals surface area (Å²) in [5.74, 6) is -1.76. The van der Waals surface area contributed by atoms with Gasteiger partial charge in [0.2, 0.25) is 5.91 Å². The van der Waals surface area contributed by atoms with Gasteiger partial charge in [0.25, 0.3) is 5.56 Å². The van der Waals surface area contributed by atoms with E-state index in [1.54, 1.807) is 17.7 Å². The summed E-state index contributed by atoms with van der Waals surface area (Å²) < 4.78 is 29.4. The van der Waals surface area contributed by atoms with Gasteiger partial charge in [0.1, 0.15) is 17.5 Å². The van der Waals surface area contributed by atoms with Crippen molar-refractivity contribution in [2.45, 2.75) is 17.5 Å². The second-order valence-corrected chi connectivity index (χ2v) is 6.58. The molecule has 3 rings (SSSR count). The molecule has 1 amide bonds. The molecule has 0 saturated carbocycles. The largest absolute Gasteiger partial charge is 0.312 e. The number of fused-ring (bicyclic) bond motifs is 1. The molecule has 0 aliphatic carbocycles. The van der Waals surface area contributed by atoms with Crippen molar-refractivity contribution in [1.82, 2.24) is 9.55 Å². The third-order valence-corrected chi connectivity index (χ3v) is 4.99. The average Bonchev–Trinajstić information content (AvgIpc) is 2.58. The molecule has 0 saturated heterocycles. The molecule has 1 aliphatic heterocycles. The van der Waals surface area contributed by atoms with Gasteiger partial charge in [0, 0.05) is 25.1 Å². The Morgan fingerprint density at radius 2 is 2.20 bits per heavy atom. The molecule has 2 aromatic rings. The minimum atomic E-state index is -0.885. The van der Waals surface area contributed by atoms with E-state index in [1.807, 2.05) is 0 Å². The van der Waals surface area contributed by atoms with Crippen LogP contribution in [0.5, 0.6) is 0 Å². The molecule has 1 N–H and O–H groups in total. The molecular formula is C17H15F2N3O2S. The minimum absolute atomic E-state index is 0.0264. The number of amides is 1. The van der Waals surface area contributed by atoms with E-state index in [-0.39, 0.29) is 29.3 Å². The van der Waals surface area contributed by atoms with Crippen LogP contribution in [-0.2, 0) is 11.8 Å². The van der Waals surface area contributed by atoms with Gasteiger partial charge in [-0.15, -0.1) is 6.58 Å². The van der Waals surface area contributed by atoms with Crippen LogP contribution < -0.4 is 10.9 Å². The van der Waals surface area contributed by atoms with Gasteiger partial charge in [-0.1, -0.05) is 17.8 Å². The fourth-order valence-electron chi connectivity index (χ4n) is 2.85. The SMILES string of the molecule is C=CCSc1nc(=O)c2c(n1C)NC(=O)C[C@H]2c1cc(F)ccc1F. The summed E-state index contributed by atoms with van der Waals surface area (Å²) in [6, 6.07) is 3.00. The lowest BCUT2D eigenvalue weighted by atomic mass is 9.86. The first-order valence-electron chi connectivity index (χ1n) is 7.51. The number of rotatable bonds is 4. The Morgan fingerprint density at radius 3 is 2.92 bits per heavy atom. The highest BCUT2D eigenvalue weighted by Gasteiger charge is 2.33. The Kier molecular flexibility index (Phi) is 4.71. The number of anilines is 1. The summed E-state index contributed by atoms with van der Waals surface area (Å²) in [5.41, 5.74) is -0.427. The van der Waals surface area contributed by atoms with Crippen molar-refractivity contribution in [3.8, 4) is 0 Å². The second kappa shape index (κ2) is 6.79. The summed E-state index contributed by atoms with van der Waals surface area (Å²) >= 11 is 1.29. The molecule has 0 bridgehead atoms. The maximum Gasteiger partial charge on any atom is 0.279 e. The van der Waals surface area contributed by atoms with Crippen molar-refractivity contribution in [3.05, 3.63) is 64.0 Å². The van der Waals surface area contributed by atoms with Crippen molar-refractivity contribution in [1.29, 1.82) is 0 Å². The molecule has 0 spiro atoms. The van der Waals surface area contributed by atoms with Crippen molar-refractivity contribution in [2.75, 3.05) is 11.1 Å². The highest BCUT2D eigenvalue weighted by molar-refractivity contribution is 7.99. The van der Waals surface area contributed by atoms with Crippen LogP contribution in [0.1, 0.15) is 23.5 Å². The van der Waals surface area contributed by atoms with Crippen LogP contribution in [0.2, 0.25) is 0 Å². The van der Waals surface area contributed by atoms with Gasteiger partial charge in [0.15, 0.2) is 5.16 Å². The van der Waals surface area contributed by atoms with E-state index in [1.165, 1.54) is 11.8 Å². The highest BCUT2D eigenvalue weighted by Crippen LogP contribution is 2.37. The van der Waals surface area contributed by atoms with E-state index in [0.717, 1.165) is 18.2 Å². The zero-order valence-corrected chi connectivity index (χ0v) is 14.2. The number of thioether (sulfide) groups is 1. The van der Waals surface area contributed by atoms with Gasteiger partial charge in [-0.05, 0) is 23.8 Å². The zero-order chi connectivity index (χ0) is 18.1. The van der Waals surface area contributed by atoms with Crippen LogP contribution in [0, 0.1) is 11.6 Å². The third-order valence-electron chi connectivity index (χ3n) is 3.96. The Morgan fingerprint density at radius 1 is 1.44 bits per heavy atom. The number of carbonyl (C=O) groups excluding carboxylic acids is 1. The number of hydrogen-bond acceptors (Lipinski definition) is 4. The first-order valence-corrected chi connectivity index (χ1v) is 8.50. The Balaban J connectivity index is 2.20. The van der Waals surface area contributed by atoms with Crippen LogP contribution >= 0.6 is 11.8 Å². The van der Waals surface area contributed by atoms with Gasteiger partial charge < -0.3 is 9.88 Å². The van der Waals surface area contributed by atoms with Gasteiger partial charge in [-0.25, -0.2) is 8.78 Å². The van der Waals surface area contributed by atoms with Crippen molar-refractivity contribution < 1.29 is 13.6 Å². The van der Waals surface area contributed by atoms with Gasteiger partial charge >= 0.3 is 0 Å². The number of carbonyl (C=O) groups is 1. The molecule has 25 heavy (non-hydrogen) atoms. The van der Waals surface area contributed by atoms with Crippen LogP contribution in [0.15, 0.2) is 40.8 Å². The predicted molar refractivity (Wildman–Crippen MR) is 91.8 cm³/mol. The average molecular weight is 363 g/mol. The van der Waals surface area contributed by atoms with Gasteiger partial charge in [-0.2, -0.15) is 4.98 Å². The number of nitrogens with one attached hydrogen (secondary N) is 1. The lowest BCUT2D eigenvalue weighted by Crippen LogP contribution is -2.33. The van der Waals surface area contributed by atoms with E-state index in [9.17, 15) is 18.4 Å². The fraction of sp³-hybridized carbons (Fsp3) is 0.235. The normalized spacial score (nSPS) is 16.3. The number of nitrogens with zero attached hydrogens (tertiary/aromatic N) is 2. The van der Waals surface area contributed by atoms with Gasteiger partial charge in [-0.3, -0.25) is 9.59 Å². The summed E-state index contributed by atoms with van der Waals surface area (Å²) in [7, 11) is 1.65. The second-order valence-electron chi connectivity index (χ2n) is 5.59. The standard InChI is InChI=1S/C17H15F2N3O2S/c1-3-6-25-17-21-16(24)14-11(8-13(23)20-15(14)22(17)2)10-7-9(18)4-5-12(10)19/h3-5,7,11H,1,6,8H2,2H3,(H,20,23)/t11-/m0/s1. The molecule has 1 aromatic carbocycles. The summed E-state index contributed by atoms with van der Waals surface area (Å²) in [5, 5.41) is 3.06. The monoisotopic (exact) mass is 363 g/mol. The van der Waals surface area contributed by atoms with E-state index < -0.39 is 23.1 Å². The molecule has 1 aliphatic rings. The van der Waals surface area contributed by atoms with Crippen LogP contribution in [-0.4, -0.2) is 21.2 Å². The molecule has 1 atom stereocenters. The van der Waals surface area contributed by atoms with Crippen molar-refractivity contribution in [2.24, 2.45) is 7.05 Å². The summed E-state index contributed by atoms with van der Waals surface area (Å²) in [4.78, 5) is 28.7. The molecule has 2 heterocycles. The van der Waals surface area contributed by atoms with Crippen LogP contribution in [0.25, 0.3) is 0 Å². The number of aromatic nitrogens is 2. The lowest BCUT2D eigenvalue weighted by Gasteiger charge is -2.27. The predicted octanol–water partition coefficient (Wildman–Crippen LogP) is 2.81. The number of benzene rings is 1. The first-order chi connectivity index (χ1) is 11.9. The molecule has 5 nitrogen and oxygen atoms in total. The van der Waals surface area contributed by atoms with Crippen LogP contribution in [0.4, 0.5) is 14.6 Å².